The molecule has 3 amide bonds. The normalized spacial score (nSPS) is 21.5. The van der Waals surface area contributed by atoms with E-state index in [0.717, 1.165) is 5.56 Å². The van der Waals surface area contributed by atoms with Crippen LogP contribution in [-0.4, -0.2) is 73.4 Å². The van der Waals surface area contributed by atoms with E-state index in [1.165, 1.54) is 6.07 Å². The molecule has 0 bridgehead atoms. The molecule has 0 aromatic heterocycles. The summed E-state index contributed by atoms with van der Waals surface area (Å²) >= 11 is 0. The number of rotatable bonds is 5. The molecule has 1 N–H and O–H groups in total. The van der Waals surface area contributed by atoms with Gasteiger partial charge in [-0.3, -0.25) is 10.2 Å². The number of benzene rings is 2. The SMILES string of the molecule is CC1CN(c2c(F)cccc2NC(=O)OCc2ccccc2)CC1N1CN(C)C(=O)N(C)C1. The van der Waals surface area contributed by atoms with Gasteiger partial charge in [-0.05, 0) is 23.6 Å². The number of carbonyl (C=O) groups is 2. The van der Waals surface area contributed by atoms with Gasteiger partial charge in [-0.25, -0.2) is 14.0 Å². The largest absolute Gasteiger partial charge is 0.444 e. The fourth-order valence-corrected chi connectivity index (χ4v) is 4.63. The maximum atomic E-state index is 15.0. The van der Waals surface area contributed by atoms with Crippen molar-refractivity contribution in [2.24, 2.45) is 5.92 Å². The summed E-state index contributed by atoms with van der Waals surface area (Å²) in [4.78, 5) is 32.1. The lowest BCUT2D eigenvalue weighted by Gasteiger charge is -2.42. The summed E-state index contributed by atoms with van der Waals surface area (Å²) < 4.78 is 20.3. The lowest BCUT2D eigenvalue weighted by molar-refractivity contribution is 0.0233. The molecule has 2 aromatic carbocycles. The number of nitrogens with zero attached hydrogens (tertiary/aromatic N) is 4. The number of anilines is 2. The van der Waals surface area contributed by atoms with E-state index in [1.807, 2.05) is 35.2 Å². The lowest BCUT2D eigenvalue weighted by atomic mass is 10.1. The van der Waals surface area contributed by atoms with Crippen LogP contribution in [0.15, 0.2) is 48.5 Å². The van der Waals surface area contributed by atoms with Crippen molar-refractivity contribution in [2.75, 3.05) is 50.7 Å². The van der Waals surface area contributed by atoms with Crippen LogP contribution < -0.4 is 10.2 Å². The van der Waals surface area contributed by atoms with E-state index in [2.05, 4.69) is 17.1 Å². The fraction of sp³-hybridized carbons (Fsp3) is 0.417. The van der Waals surface area contributed by atoms with Crippen LogP contribution in [0.2, 0.25) is 0 Å². The summed E-state index contributed by atoms with van der Waals surface area (Å²) in [6.07, 6.45) is -0.632. The number of ether oxygens (including phenoxy) is 1. The molecule has 4 rings (SSSR count). The molecule has 176 valence electrons. The van der Waals surface area contributed by atoms with Gasteiger partial charge in [-0.2, -0.15) is 0 Å². The van der Waals surface area contributed by atoms with Gasteiger partial charge in [0.25, 0.3) is 0 Å². The first-order valence-electron chi connectivity index (χ1n) is 11.0. The van der Waals surface area contributed by atoms with Gasteiger partial charge >= 0.3 is 12.1 Å². The van der Waals surface area contributed by atoms with Gasteiger partial charge in [-0.1, -0.05) is 43.3 Å². The zero-order valence-corrected chi connectivity index (χ0v) is 19.2. The molecule has 8 nitrogen and oxygen atoms in total. The summed E-state index contributed by atoms with van der Waals surface area (Å²) in [5.74, 6) is -0.149. The van der Waals surface area contributed by atoms with Crippen LogP contribution in [0.4, 0.5) is 25.4 Å². The Morgan fingerprint density at radius 3 is 2.45 bits per heavy atom. The third-order valence-electron chi connectivity index (χ3n) is 6.23. The first-order chi connectivity index (χ1) is 15.8. The van der Waals surface area contributed by atoms with Crippen molar-refractivity contribution in [2.45, 2.75) is 19.6 Å². The van der Waals surface area contributed by atoms with E-state index >= 15 is 0 Å². The van der Waals surface area contributed by atoms with Crippen molar-refractivity contribution < 1.29 is 18.7 Å². The summed E-state index contributed by atoms with van der Waals surface area (Å²) in [5.41, 5.74) is 1.61. The van der Waals surface area contributed by atoms with Crippen molar-refractivity contribution in [3.05, 3.63) is 59.9 Å². The molecule has 9 heteroatoms. The van der Waals surface area contributed by atoms with Crippen molar-refractivity contribution in [1.29, 1.82) is 0 Å². The molecule has 2 aliphatic heterocycles. The number of urea groups is 1. The average Bonchev–Trinajstić information content (AvgIpc) is 3.17. The molecular formula is C24H30FN5O3. The van der Waals surface area contributed by atoms with Gasteiger partial charge in [0.1, 0.15) is 12.4 Å². The first-order valence-corrected chi connectivity index (χ1v) is 11.0. The highest BCUT2D eigenvalue weighted by Crippen LogP contribution is 2.35. The molecule has 0 radical (unpaired) electrons. The van der Waals surface area contributed by atoms with E-state index in [0.29, 0.717) is 37.8 Å². The van der Waals surface area contributed by atoms with Gasteiger partial charge in [0.15, 0.2) is 0 Å². The van der Waals surface area contributed by atoms with Crippen molar-refractivity contribution in [3.8, 4) is 0 Å². The Morgan fingerprint density at radius 1 is 1.06 bits per heavy atom. The Bertz CT molecular complexity index is 991. The highest BCUT2D eigenvalue weighted by Gasteiger charge is 2.39. The second kappa shape index (κ2) is 9.66. The Balaban J connectivity index is 1.45. The van der Waals surface area contributed by atoms with E-state index in [4.69, 9.17) is 4.74 Å². The number of halogens is 1. The number of para-hydroxylation sites is 1. The van der Waals surface area contributed by atoms with Crippen molar-refractivity contribution >= 4 is 23.5 Å². The molecule has 2 saturated heterocycles. The fourth-order valence-electron chi connectivity index (χ4n) is 4.63. The second-order valence-corrected chi connectivity index (χ2v) is 8.82. The summed E-state index contributed by atoms with van der Waals surface area (Å²) in [5, 5.41) is 2.71. The smallest absolute Gasteiger partial charge is 0.412 e. The summed E-state index contributed by atoms with van der Waals surface area (Å²) in [6, 6.07) is 14.2. The molecule has 2 aromatic rings. The highest BCUT2D eigenvalue weighted by molar-refractivity contribution is 5.90. The van der Waals surface area contributed by atoms with Gasteiger partial charge in [0.05, 0.1) is 24.7 Å². The molecule has 0 aliphatic carbocycles. The number of nitrogens with one attached hydrogen (secondary N) is 1. The molecule has 2 fully saturated rings. The predicted octanol–water partition coefficient (Wildman–Crippen LogP) is 3.61. The van der Waals surface area contributed by atoms with E-state index in [1.54, 1.807) is 36.0 Å². The monoisotopic (exact) mass is 455 g/mol. The minimum Gasteiger partial charge on any atom is -0.444 e. The predicted molar refractivity (Wildman–Crippen MR) is 124 cm³/mol. The number of amides is 3. The molecule has 0 saturated carbocycles. The van der Waals surface area contributed by atoms with Gasteiger partial charge in [0, 0.05) is 33.2 Å². The third-order valence-corrected chi connectivity index (χ3v) is 6.23. The first kappa shape index (κ1) is 22.8. The Kier molecular flexibility index (Phi) is 6.69. The highest BCUT2D eigenvalue weighted by atomic mass is 19.1. The minimum atomic E-state index is -0.632. The quantitative estimate of drug-likeness (QED) is 0.746. The van der Waals surface area contributed by atoms with Crippen molar-refractivity contribution in [1.82, 2.24) is 14.7 Å². The number of hydrogen-bond donors (Lipinski definition) is 1. The van der Waals surface area contributed by atoms with Crippen LogP contribution in [-0.2, 0) is 11.3 Å². The second-order valence-electron chi connectivity index (χ2n) is 8.82. The molecule has 2 unspecified atom stereocenters. The molecule has 0 spiro atoms. The molecule has 2 aliphatic rings. The Hall–Kier alpha value is -3.33. The molecule has 33 heavy (non-hydrogen) atoms. The maximum Gasteiger partial charge on any atom is 0.412 e. The van der Waals surface area contributed by atoms with E-state index < -0.39 is 11.9 Å². The van der Waals surface area contributed by atoms with Gasteiger partial charge < -0.3 is 19.4 Å². The zero-order chi connectivity index (χ0) is 23.5. The number of hydrogen-bond acceptors (Lipinski definition) is 5. The van der Waals surface area contributed by atoms with Crippen LogP contribution >= 0.6 is 0 Å². The van der Waals surface area contributed by atoms with Gasteiger partial charge in [0.2, 0.25) is 0 Å². The zero-order valence-electron chi connectivity index (χ0n) is 19.2. The number of carbonyl (C=O) groups excluding carboxylic acids is 2. The maximum absolute atomic E-state index is 15.0. The third kappa shape index (κ3) is 5.03. The van der Waals surface area contributed by atoms with Crippen LogP contribution in [0.5, 0.6) is 0 Å². The Labute approximate surface area is 193 Å². The summed E-state index contributed by atoms with van der Waals surface area (Å²) in [6.45, 7) is 4.54. The van der Waals surface area contributed by atoms with Crippen LogP contribution in [0.3, 0.4) is 0 Å². The van der Waals surface area contributed by atoms with Crippen molar-refractivity contribution in [3.63, 3.8) is 0 Å². The van der Waals surface area contributed by atoms with E-state index in [9.17, 15) is 14.0 Å². The lowest BCUT2D eigenvalue weighted by Crippen LogP contribution is -2.59. The summed E-state index contributed by atoms with van der Waals surface area (Å²) in [7, 11) is 3.56. The minimum absolute atomic E-state index is 0.0108. The average molecular weight is 456 g/mol. The molecular weight excluding hydrogens is 425 g/mol. The van der Waals surface area contributed by atoms with Gasteiger partial charge in [-0.15, -0.1) is 0 Å². The van der Waals surface area contributed by atoms with Crippen LogP contribution in [0, 0.1) is 11.7 Å². The van der Waals surface area contributed by atoms with E-state index in [-0.39, 0.29) is 24.6 Å². The Morgan fingerprint density at radius 2 is 1.76 bits per heavy atom. The van der Waals surface area contributed by atoms with Crippen LogP contribution in [0.1, 0.15) is 12.5 Å². The molecule has 2 heterocycles. The standard InChI is InChI=1S/C24H30FN5O3/c1-17-12-29(13-21(17)30-15-27(2)24(32)28(3)16-30)22-19(25)10-7-11-20(22)26-23(31)33-14-18-8-5-4-6-9-18/h4-11,17,21H,12-16H2,1-3H3,(H,26,31). The molecule has 2 atom stereocenters. The topological polar surface area (TPSA) is 68.4 Å². The van der Waals surface area contributed by atoms with Crippen LogP contribution in [0.25, 0.3) is 0 Å².